The molecule has 3 aromatic rings. The molecular weight excluding hydrogens is 580 g/mol. The molecule has 2 aliphatic heterocycles. The van der Waals surface area contributed by atoms with Crippen molar-refractivity contribution in [3.8, 4) is 17.2 Å². The molecule has 43 heavy (non-hydrogen) atoms. The Morgan fingerprint density at radius 3 is 2.72 bits per heavy atom. The number of fused-ring (bicyclic) bond motifs is 2. The number of likely N-dealkylation sites (N-methyl/N-ethyl adjacent to an activating group) is 1. The van der Waals surface area contributed by atoms with Gasteiger partial charge in [-0.2, -0.15) is 8.42 Å². The van der Waals surface area contributed by atoms with Crippen LogP contribution in [0.3, 0.4) is 0 Å². The molecular formula is C28H34N6O8S. The van der Waals surface area contributed by atoms with Gasteiger partial charge in [0, 0.05) is 44.5 Å². The fraction of sp³-hybridized carbons (Fsp3) is 0.393. The number of imidazole rings is 1. The monoisotopic (exact) mass is 614 g/mol. The lowest BCUT2D eigenvalue weighted by atomic mass is 9.99. The minimum atomic E-state index is -4.13. The van der Waals surface area contributed by atoms with Gasteiger partial charge in [0.2, 0.25) is 6.79 Å². The van der Waals surface area contributed by atoms with Crippen LogP contribution in [0.25, 0.3) is 0 Å². The number of aromatic nitrogens is 2. The number of hydrogen-bond acceptors (Lipinski definition) is 9. The SMILES string of the molecule is C[C@@H]1CN([C@@H](C)CO)C(=O)c2cccc(NS(=O)(=O)c3cn(C)cn3)c2O[C@H]1CN(C)C(=O)Nc1ccc2c(c1)OCO2. The molecule has 1 aromatic heterocycles. The molecule has 2 aliphatic rings. The topological polar surface area (TPSA) is 165 Å². The van der Waals surface area contributed by atoms with E-state index in [0.29, 0.717) is 17.2 Å². The van der Waals surface area contributed by atoms with Gasteiger partial charge in [-0.3, -0.25) is 9.52 Å². The van der Waals surface area contributed by atoms with Gasteiger partial charge in [0.25, 0.3) is 15.9 Å². The van der Waals surface area contributed by atoms with Crippen LogP contribution in [-0.2, 0) is 17.1 Å². The molecule has 0 saturated heterocycles. The van der Waals surface area contributed by atoms with E-state index in [4.69, 9.17) is 14.2 Å². The zero-order valence-corrected chi connectivity index (χ0v) is 25.0. The number of nitrogens with zero attached hydrogens (tertiary/aromatic N) is 4. The van der Waals surface area contributed by atoms with Crippen LogP contribution in [-0.4, -0.2) is 90.5 Å². The van der Waals surface area contributed by atoms with Crippen molar-refractivity contribution < 1.29 is 37.3 Å². The van der Waals surface area contributed by atoms with Crippen LogP contribution in [0.4, 0.5) is 16.2 Å². The lowest BCUT2D eigenvalue weighted by molar-refractivity contribution is 0.0373. The maximum absolute atomic E-state index is 13.7. The van der Waals surface area contributed by atoms with Crippen molar-refractivity contribution in [3.63, 3.8) is 0 Å². The zero-order chi connectivity index (χ0) is 30.9. The number of carbonyl (C=O) groups is 2. The van der Waals surface area contributed by atoms with Crippen LogP contribution in [0, 0.1) is 5.92 Å². The number of rotatable bonds is 8. The van der Waals surface area contributed by atoms with Crippen LogP contribution in [0.1, 0.15) is 24.2 Å². The highest BCUT2D eigenvalue weighted by Crippen LogP contribution is 2.37. The van der Waals surface area contributed by atoms with E-state index in [9.17, 15) is 23.1 Å². The number of benzene rings is 2. The van der Waals surface area contributed by atoms with E-state index in [2.05, 4.69) is 15.0 Å². The Morgan fingerprint density at radius 2 is 2.00 bits per heavy atom. The van der Waals surface area contributed by atoms with Gasteiger partial charge in [0.05, 0.1) is 36.8 Å². The summed E-state index contributed by atoms with van der Waals surface area (Å²) in [7, 11) is -0.875. The van der Waals surface area contributed by atoms with Crippen molar-refractivity contribution in [3.05, 3.63) is 54.5 Å². The van der Waals surface area contributed by atoms with E-state index in [1.54, 1.807) is 45.3 Å². The van der Waals surface area contributed by atoms with Gasteiger partial charge in [-0.25, -0.2) is 9.78 Å². The number of aryl methyl sites for hydroxylation is 1. The molecule has 0 aliphatic carbocycles. The number of carbonyl (C=O) groups excluding carboxylic acids is 2. The van der Waals surface area contributed by atoms with Crippen LogP contribution in [0.15, 0.2) is 53.9 Å². The van der Waals surface area contributed by atoms with Crippen molar-refractivity contribution >= 4 is 33.3 Å². The Bertz CT molecular complexity index is 1630. The van der Waals surface area contributed by atoms with Crippen molar-refractivity contribution in [1.82, 2.24) is 19.4 Å². The van der Waals surface area contributed by atoms with Crippen molar-refractivity contribution in [2.75, 3.05) is 43.6 Å². The first kappa shape index (κ1) is 30.0. The molecule has 15 heteroatoms. The third-order valence-corrected chi connectivity index (χ3v) is 8.57. The third kappa shape index (κ3) is 6.32. The minimum Gasteiger partial charge on any atom is -0.485 e. The summed E-state index contributed by atoms with van der Waals surface area (Å²) in [4.78, 5) is 33.8. The van der Waals surface area contributed by atoms with E-state index in [1.807, 2.05) is 6.92 Å². The lowest BCUT2D eigenvalue weighted by Crippen LogP contribution is -2.50. The first-order valence-corrected chi connectivity index (χ1v) is 15.1. The molecule has 5 rings (SSSR count). The molecule has 3 heterocycles. The van der Waals surface area contributed by atoms with Crippen LogP contribution in [0.2, 0.25) is 0 Å². The van der Waals surface area contributed by atoms with Gasteiger partial charge in [0.15, 0.2) is 22.3 Å². The molecule has 3 amide bonds. The molecule has 0 radical (unpaired) electrons. The van der Waals surface area contributed by atoms with Crippen LogP contribution >= 0.6 is 0 Å². The number of aliphatic hydroxyl groups is 1. The number of aliphatic hydroxyl groups excluding tert-OH is 1. The summed E-state index contributed by atoms with van der Waals surface area (Å²) < 4.78 is 47.5. The fourth-order valence-corrected chi connectivity index (χ4v) is 5.86. The highest BCUT2D eigenvalue weighted by molar-refractivity contribution is 7.92. The van der Waals surface area contributed by atoms with Crippen molar-refractivity contribution in [2.24, 2.45) is 13.0 Å². The summed E-state index contributed by atoms with van der Waals surface area (Å²) in [6, 6.07) is 8.70. The van der Waals surface area contributed by atoms with Gasteiger partial charge in [-0.15, -0.1) is 0 Å². The number of hydrogen-bond donors (Lipinski definition) is 3. The standard InChI is InChI=1S/C28H34N6O8S/c1-17-11-34(18(2)14-35)27(36)20-6-5-7-21(31-43(38,39)25-13-32(3)15-29-25)26(20)42-24(17)12-33(4)28(37)30-19-8-9-22-23(10-19)41-16-40-22/h5-10,13,15,17-18,24,31,35H,11-12,14,16H2,1-4H3,(H,30,37)/t17-,18+,24+/m1/s1. The second kappa shape index (κ2) is 12.0. The highest BCUT2D eigenvalue weighted by atomic mass is 32.2. The Labute approximate surface area is 249 Å². The average Bonchev–Trinajstić information content (AvgIpc) is 3.63. The molecule has 0 fully saturated rings. The molecule has 14 nitrogen and oxygen atoms in total. The quantitative estimate of drug-likeness (QED) is 0.345. The third-order valence-electron chi connectivity index (χ3n) is 7.32. The Hall–Kier alpha value is -4.50. The van der Waals surface area contributed by atoms with E-state index >= 15 is 0 Å². The molecule has 0 saturated carbocycles. The van der Waals surface area contributed by atoms with E-state index in [1.165, 1.54) is 39.0 Å². The maximum atomic E-state index is 13.7. The summed E-state index contributed by atoms with van der Waals surface area (Å²) in [6.07, 6.45) is 2.04. The van der Waals surface area contributed by atoms with Gasteiger partial charge in [0.1, 0.15) is 6.10 Å². The van der Waals surface area contributed by atoms with Crippen molar-refractivity contribution in [2.45, 2.75) is 31.0 Å². The smallest absolute Gasteiger partial charge is 0.321 e. The summed E-state index contributed by atoms with van der Waals surface area (Å²) in [6.45, 7) is 3.74. The number of nitrogens with one attached hydrogen (secondary N) is 2. The molecule has 0 unspecified atom stereocenters. The van der Waals surface area contributed by atoms with Crippen LogP contribution in [0.5, 0.6) is 17.2 Å². The second-order valence-corrected chi connectivity index (χ2v) is 12.3. The van der Waals surface area contributed by atoms with Gasteiger partial charge in [-0.05, 0) is 31.2 Å². The number of ether oxygens (including phenoxy) is 3. The maximum Gasteiger partial charge on any atom is 0.321 e. The number of para-hydroxylation sites is 1. The van der Waals surface area contributed by atoms with Gasteiger partial charge >= 0.3 is 6.03 Å². The summed E-state index contributed by atoms with van der Waals surface area (Å²) in [5.41, 5.74) is 0.670. The summed E-state index contributed by atoms with van der Waals surface area (Å²) in [5, 5.41) is 12.5. The number of anilines is 2. The number of urea groups is 1. The molecule has 3 N–H and O–H groups in total. The normalized spacial score (nSPS) is 18.6. The van der Waals surface area contributed by atoms with E-state index in [-0.39, 0.29) is 54.4 Å². The highest BCUT2D eigenvalue weighted by Gasteiger charge is 2.35. The summed E-state index contributed by atoms with van der Waals surface area (Å²) >= 11 is 0. The molecule has 2 aromatic carbocycles. The number of sulfonamides is 1. The molecule has 0 spiro atoms. The Kier molecular flexibility index (Phi) is 8.37. The zero-order valence-electron chi connectivity index (χ0n) is 24.2. The lowest BCUT2D eigenvalue weighted by Gasteiger charge is -2.38. The first-order chi connectivity index (χ1) is 20.5. The Balaban J connectivity index is 1.44. The Morgan fingerprint density at radius 1 is 1.23 bits per heavy atom. The largest absolute Gasteiger partial charge is 0.485 e. The molecule has 3 atom stereocenters. The summed E-state index contributed by atoms with van der Waals surface area (Å²) in [5.74, 6) is 0.384. The van der Waals surface area contributed by atoms with Crippen molar-refractivity contribution in [1.29, 1.82) is 0 Å². The number of amides is 3. The van der Waals surface area contributed by atoms with E-state index in [0.717, 1.165) is 0 Å². The van der Waals surface area contributed by atoms with Gasteiger partial charge < -0.3 is 39.0 Å². The second-order valence-electron chi connectivity index (χ2n) is 10.7. The van der Waals surface area contributed by atoms with E-state index < -0.39 is 34.1 Å². The molecule has 230 valence electrons. The minimum absolute atomic E-state index is 0.0169. The molecule has 0 bridgehead atoms. The fourth-order valence-electron chi connectivity index (χ4n) is 4.81. The predicted octanol–water partition coefficient (Wildman–Crippen LogP) is 2.33. The predicted molar refractivity (Wildman–Crippen MR) is 156 cm³/mol. The first-order valence-electron chi connectivity index (χ1n) is 13.6. The average molecular weight is 615 g/mol. The van der Waals surface area contributed by atoms with Gasteiger partial charge in [-0.1, -0.05) is 13.0 Å². The van der Waals surface area contributed by atoms with Crippen LogP contribution < -0.4 is 24.2 Å².